The molecule has 21 heavy (non-hydrogen) atoms. The number of hydrogen-bond donors (Lipinski definition) is 1. The number of furan rings is 1. The second kappa shape index (κ2) is 6.80. The van der Waals surface area contributed by atoms with Gasteiger partial charge in [-0.2, -0.15) is 0 Å². The van der Waals surface area contributed by atoms with Crippen LogP contribution < -0.4 is 5.32 Å². The maximum atomic E-state index is 5.37. The zero-order valence-corrected chi connectivity index (χ0v) is 14.8. The minimum atomic E-state index is 0.202. The Bertz CT molecular complexity index is 566. The molecule has 0 aliphatic heterocycles. The molecule has 1 heterocycles. The highest BCUT2D eigenvalue weighted by Gasteiger charge is 2.17. The van der Waals surface area contributed by atoms with Gasteiger partial charge in [-0.05, 0) is 51.5 Å². The Morgan fingerprint density at radius 2 is 1.81 bits per heavy atom. The van der Waals surface area contributed by atoms with Gasteiger partial charge in [-0.1, -0.05) is 52.0 Å². The van der Waals surface area contributed by atoms with E-state index < -0.39 is 0 Å². The highest BCUT2D eigenvalue weighted by atomic mass is 79.9. The van der Waals surface area contributed by atoms with Crippen LogP contribution in [0.15, 0.2) is 45.7 Å². The number of halogens is 1. The minimum Gasteiger partial charge on any atom is -0.457 e. The van der Waals surface area contributed by atoms with Crippen molar-refractivity contribution in [2.45, 2.75) is 45.6 Å². The predicted molar refractivity (Wildman–Crippen MR) is 91.7 cm³/mol. The van der Waals surface area contributed by atoms with Gasteiger partial charge in [0, 0.05) is 11.6 Å². The Kier molecular flexibility index (Phi) is 5.28. The molecular formula is C18H24BrNO. The van der Waals surface area contributed by atoms with Crippen LogP contribution in [0.5, 0.6) is 0 Å². The van der Waals surface area contributed by atoms with Crippen LogP contribution in [-0.2, 0) is 11.8 Å². The average molecular weight is 350 g/mol. The lowest BCUT2D eigenvalue weighted by molar-refractivity contribution is 0.506. The topological polar surface area (TPSA) is 25.2 Å². The maximum absolute atomic E-state index is 5.37. The third-order valence-corrected chi connectivity index (χ3v) is 4.38. The number of benzene rings is 1. The van der Waals surface area contributed by atoms with Crippen molar-refractivity contribution in [2.24, 2.45) is 0 Å². The highest BCUT2D eigenvalue weighted by molar-refractivity contribution is 9.10. The van der Waals surface area contributed by atoms with Crippen LogP contribution >= 0.6 is 15.9 Å². The number of likely N-dealkylation sites (N-methyl/N-ethyl adjacent to an activating group) is 1. The molecule has 0 amide bonds. The monoisotopic (exact) mass is 349 g/mol. The van der Waals surface area contributed by atoms with Gasteiger partial charge in [0.15, 0.2) is 4.67 Å². The standard InChI is InChI=1S/C18H24BrNO/c1-5-20-16(15-10-11-21-17(15)19)12-13-6-8-14(9-7-13)18(2,3)4/h6-11,16,20H,5,12H2,1-4H3. The van der Waals surface area contributed by atoms with Crippen LogP contribution in [0.3, 0.4) is 0 Å². The van der Waals surface area contributed by atoms with Crippen LogP contribution in [0.1, 0.15) is 50.4 Å². The van der Waals surface area contributed by atoms with Crippen LogP contribution in [0, 0.1) is 0 Å². The van der Waals surface area contributed by atoms with Crippen LogP contribution in [0.2, 0.25) is 0 Å². The summed E-state index contributed by atoms with van der Waals surface area (Å²) in [5, 5.41) is 3.53. The van der Waals surface area contributed by atoms with Gasteiger partial charge >= 0.3 is 0 Å². The van der Waals surface area contributed by atoms with Gasteiger partial charge in [0.25, 0.3) is 0 Å². The summed E-state index contributed by atoms with van der Waals surface area (Å²) in [7, 11) is 0. The van der Waals surface area contributed by atoms with Crippen LogP contribution in [-0.4, -0.2) is 6.54 Å². The Morgan fingerprint density at radius 3 is 2.29 bits per heavy atom. The predicted octanol–water partition coefficient (Wildman–Crippen LogP) is 5.23. The van der Waals surface area contributed by atoms with E-state index in [2.05, 4.69) is 73.2 Å². The molecule has 1 aromatic carbocycles. The lowest BCUT2D eigenvalue weighted by Gasteiger charge is -2.21. The molecule has 1 N–H and O–H groups in total. The van der Waals surface area contributed by atoms with Crippen LogP contribution in [0.4, 0.5) is 0 Å². The lowest BCUT2D eigenvalue weighted by Crippen LogP contribution is -2.23. The summed E-state index contributed by atoms with van der Waals surface area (Å²) in [5.41, 5.74) is 4.09. The lowest BCUT2D eigenvalue weighted by atomic mass is 9.86. The summed E-state index contributed by atoms with van der Waals surface area (Å²) < 4.78 is 6.19. The molecule has 0 aliphatic rings. The van der Waals surface area contributed by atoms with E-state index in [9.17, 15) is 0 Å². The summed E-state index contributed by atoms with van der Waals surface area (Å²) >= 11 is 3.48. The van der Waals surface area contributed by atoms with Gasteiger partial charge < -0.3 is 9.73 Å². The number of hydrogen-bond acceptors (Lipinski definition) is 2. The molecule has 3 heteroatoms. The normalized spacial score (nSPS) is 13.4. The van der Waals surface area contributed by atoms with E-state index in [1.165, 1.54) is 16.7 Å². The first-order valence-electron chi connectivity index (χ1n) is 7.47. The Morgan fingerprint density at radius 1 is 1.14 bits per heavy atom. The van der Waals surface area contributed by atoms with Crippen molar-refractivity contribution in [3.8, 4) is 0 Å². The smallest absolute Gasteiger partial charge is 0.173 e. The maximum Gasteiger partial charge on any atom is 0.173 e. The van der Waals surface area contributed by atoms with E-state index in [0.29, 0.717) is 0 Å². The molecule has 1 aromatic heterocycles. The third kappa shape index (κ3) is 4.21. The minimum absolute atomic E-state index is 0.202. The Balaban J connectivity index is 2.16. The molecule has 114 valence electrons. The van der Waals surface area contributed by atoms with Gasteiger partial charge in [0.1, 0.15) is 0 Å². The first-order chi connectivity index (χ1) is 9.91. The second-order valence-corrected chi connectivity index (χ2v) is 7.13. The van der Waals surface area contributed by atoms with E-state index in [-0.39, 0.29) is 11.5 Å². The Hall–Kier alpha value is -1.06. The van der Waals surface area contributed by atoms with Gasteiger partial charge in [-0.3, -0.25) is 0 Å². The van der Waals surface area contributed by atoms with Gasteiger partial charge in [0.2, 0.25) is 0 Å². The summed E-state index contributed by atoms with van der Waals surface area (Å²) in [6.07, 6.45) is 2.68. The number of rotatable bonds is 5. The molecular weight excluding hydrogens is 326 g/mol. The number of nitrogens with one attached hydrogen (secondary N) is 1. The average Bonchev–Trinajstić information content (AvgIpc) is 2.84. The summed E-state index contributed by atoms with van der Waals surface area (Å²) in [6, 6.07) is 11.2. The second-order valence-electron chi connectivity index (χ2n) is 6.41. The largest absolute Gasteiger partial charge is 0.457 e. The first-order valence-corrected chi connectivity index (χ1v) is 8.26. The van der Waals surface area contributed by atoms with Crippen molar-refractivity contribution >= 4 is 15.9 Å². The quantitative estimate of drug-likeness (QED) is 0.798. The molecule has 0 spiro atoms. The van der Waals surface area contributed by atoms with Crippen molar-refractivity contribution < 1.29 is 4.42 Å². The molecule has 1 unspecified atom stereocenters. The van der Waals surface area contributed by atoms with Crippen LogP contribution in [0.25, 0.3) is 0 Å². The van der Waals surface area contributed by atoms with Crippen molar-refractivity contribution in [1.82, 2.24) is 5.32 Å². The van der Waals surface area contributed by atoms with Gasteiger partial charge in [-0.25, -0.2) is 0 Å². The molecule has 0 saturated carbocycles. The molecule has 0 radical (unpaired) electrons. The van der Waals surface area contributed by atoms with Crippen molar-refractivity contribution in [3.05, 3.63) is 58.0 Å². The van der Waals surface area contributed by atoms with Gasteiger partial charge in [0.05, 0.1) is 6.26 Å². The van der Waals surface area contributed by atoms with E-state index in [0.717, 1.165) is 17.6 Å². The fourth-order valence-electron chi connectivity index (χ4n) is 2.47. The van der Waals surface area contributed by atoms with E-state index in [1.54, 1.807) is 6.26 Å². The highest BCUT2D eigenvalue weighted by Crippen LogP contribution is 2.28. The van der Waals surface area contributed by atoms with Crippen molar-refractivity contribution in [3.63, 3.8) is 0 Å². The zero-order chi connectivity index (χ0) is 15.5. The summed E-state index contributed by atoms with van der Waals surface area (Å²) in [4.78, 5) is 0. The fourth-order valence-corrected chi connectivity index (χ4v) is 2.99. The summed E-state index contributed by atoms with van der Waals surface area (Å²) in [6.45, 7) is 9.79. The zero-order valence-electron chi connectivity index (χ0n) is 13.2. The SMILES string of the molecule is CCNC(Cc1ccc(C(C)(C)C)cc1)c1ccoc1Br. The van der Waals surface area contributed by atoms with E-state index in [1.807, 2.05) is 6.07 Å². The molecule has 0 saturated heterocycles. The van der Waals surface area contributed by atoms with E-state index >= 15 is 0 Å². The third-order valence-electron chi connectivity index (χ3n) is 3.73. The molecule has 2 nitrogen and oxygen atoms in total. The molecule has 2 aromatic rings. The van der Waals surface area contributed by atoms with Crippen molar-refractivity contribution in [2.75, 3.05) is 6.54 Å². The van der Waals surface area contributed by atoms with Gasteiger partial charge in [-0.15, -0.1) is 0 Å². The van der Waals surface area contributed by atoms with Crippen molar-refractivity contribution in [1.29, 1.82) is 0 Å². The fraction of sp³-hybridized carbons (Fsp3) is 0.444. The first kappa shape index (κ1) is 16.3. The van der Waals surface area contributed by atoms with E-state index in [4.69, 9.17) is 4.42 Å². The molecule has 0 fully saturated rings. The summed E-state index contributed by atoms with van der Waals surface area (Å²) in [5.74, 6) is 0. The molecule has 0 aliphatic carbocycles. The molecule has 0 bridgehead atoms. The molecule has 1 atom stereocenters. The molecule has 2 rings (SSSR count). The Labute approximate surface area is 136 Å².